The zero-order chi connectivity index (χ0) is 13.8. The minimum atomic E-state index is -0.730. The van der Waals surface area contributed by atoms with Gasteiger partial charge in [0.05, 0.1) is 5.56 Å². The van der Waals surface area contributed by atoms with Gasteiger partial charge >= 0.3 is 0 Å². The zero-order valence-electron chi connectivity index (χ0n) is 9.74. The molecule has 0 bridgehead atoms. The summed E-state index contributed by atoms with van der Waals surface area (Å²) in [5.74, 6) is -1.94. The molecule has 0 saturated heterocycles. The van der Waals surface area contributed by atoms with E-state index < -0.39 is 17.4 Å². The van der Waals surface area contributed by atoms with Crippen molar-refractivity contribution in [2.75, 3.05) is 0 Å². The Morgan fingerprint density at radius 1 is 1.05 bits per heavy atom. The first-order valence-corrected chi connectivity index (χ1v) is 6.28. The highest BCUT2D eigenvalue weighted by atomic mass is 79.9. The lowest BCUT2D eigenvalue weighted by molar-refractivity contribution is 0.104. The number of hydrogen-bond acceptors (Lipinski definition) is 1. The van der Waals surface area contributed by atoms with Crippen molar-refractivity contribution in [1.29, 1.82) is 0 Å². The van der Waals surface area contributed by atoms with Crippen LogP contribution in [0.25, 0.3) is 6.08 Å². The summed E-state index contributed by atoms with van der Waals surface area (Å²) in [7, 11) is 0. The van der Waals surface area contributed by atoms with Crippen molar-refractivity contribution in [2.45, 2.75) is 0 Å². The number of carbonyl (C=O) groups is 1. The van der Waals surface area contributed by atoms with Crippen molar-refractivity contribution in [1.82, 2.24) is 0 Å². The summed E-state index contributed by atoms with van der Waals surface area (Å²) in [5.41, 5.74) is 0.529. The van der Waals surface area contributed by atoms with E-state index in [0.717, 1.165) is 28.2 Å². The van der Waals surface area contributed by atoms with Crippen molar-refractivity contribution in [3.8, 4) is 0 Å². The van der Waals surface area contributed by atoms with Crippen LogP contribution in [-0.4, -0.2) is 5.78 Å². The summed E-state index contributed by atoms with van der Waals surface area (Å²) < 4.78 is 27.3. The first-order chi connectivity index (χ1) is 9.06. The number of carbonyl (C=O) groups excluding carboxylic acids is 1. The molecule has 2 aromatic rings. The molecule has 0 spiro atoms. The third-order valence-electron chi connectivity index (χ3n) is 2.49. The molecule has 0 amide bonds. The van der Waals surface area contributed by atoms with E-state index >= 15 is 0 Å². The standard InChI is InChI=1S/C15H9BrF2O/c16-11-4-1-10(2-5-11)3-8-15(19)13-9-12(17)6-7-14(13)18/h1-9H/b8-3+. The average molecular weight is 323 g/mol. The van der Waals surface area contributed by atoms with E-state index in [0.29, 0.717) is 0 Å². The third-order valence-corrected chi connectivity index (χ3v) is 3.02. The molecule has 0 radical (unpaired) electrons. The number of benzene rings is 2. The quantitative estimate of drug-likeness (QED) is 0.595. The number of allylic oxidation sites excluding steroid dienone is 1. The lowest BCUT2D eigenvalue weighted by Crippen LogP contribution is -1.99. The normalized spacial score (nSPS) is 10.9. The lowest BCUT2D eigenvalue weighted by atomic mass is 10.1. The molecular weight excluding hydrogens is 314 g/mol. The number of hydrogen-bond donors (Lipinski definition) is 0. The van der Waals surface area contributed by atoms with E-state index in [1.165, 1.54) is 6.08 Å². The van der Waals surface area contributed by atoms with Crippen LogP contribution in [0.5, 0.6) is 0 Å². The van der Waals surface area contributed by atoms with Gasteiger partial charge < -0.3 is 0 Å². The number of halogens is 3. The highest BCUT2D eigenvalue weighted by Crippen LogP contribution is 2.14. The Bertz CT molecular complexity index is 633. The van der Waals surface area contributed by atoms with Gasteiger partial charge in [-0.15, -0.1) is 0 Å². The van der Waals surface area contributed by atoms with Gasteiger partial charge in [0, 0.05) is 4.47 Å². The van der Waals surface area contributed by atoms with Crippen molar-refractivity contribution in [3.05, 3.63) is 75.8 Å². The fourth-order valence-corrected chi connectivity index (χ4v) is 1.79. The van der Waals surface area contributed by atoms with Crippen molar-refractivity contribution in [3.63, 3.8) is 0 Å². The molecule has 19 heavy (non-hydrogen) atoms. The van der Waals surface area contributed by atoms with Crippen LogP contribution in [0.3, 0.4) is 0 Å². The maximum absolute atomic E-state index is 13.4. The van der Waals surface area contributed by atoms with Crippen LogP contribution in [-0.2, 0) is 0 Å². The molecular formula is C15H9BrF2O. The third kappa shape index (κ3) is 3.58. The molecule has 0 aliphatic heterocycles. The SMILES string of the molecule is O=C(/C=C/c1ccc(Br)cc1)c1cc(F)ccc1F. The lowest BCUT2D eigenvalue weighted by Gasteiger charge is -1.99. The Balaban J connectivity index is 2.21. The molecule has 4 heteroatoms. The summed E-state index contributed by atoms with van der Waals surface area (Å²) in [6.07, 6.45) is 2.78. The maximum Gasteiger partial charge on any atom is 0.188 e. The van der Waals surface area contributed by atoms with Gasteiger partial charge in [0.25, 0.3) is 0 Å². The van der Waals surface area contributed by atoms with Crippen LogP contribution in [0.15, 0.2) is 53.0 Å². The minimum Gasteiger partial charge on any atom is -0.289 e. The summed E-state index contributed by atoms with van der Waals surface area (Å²) in [6, 6.07) is 10.1. The smallest absolute Gasteiger partial charge is 0.188 e. The Morgan fingerprint density at radius 2 is 1.74 bits per heavy atom. The highest BCUT2D eigenvalue weighted by Gasteiger charge is 2.09. The van der Waals surface area contributed by atoms with Gasteiger partial charge in [-0.2, -0.15) is 0 Å². The molecule has 2 rings (SSSR count). The highest BCUT2D eigenvalue weighted by molar-refractivity contribution is 9.10. The molecule has 0 heterocycles. The molecule has 0 aromatic heterocycles. The molecule has 96 valence electrons. The largest absolute Gasteiger partial charge is 0.289 e. The summed E-state index contributed by atoms with van der Waals surface area (Å²) in [4.78, 5) is 11.8. The molecule has 0 unspecified atom stereocenters. The van der Waals surface area contributed by atoms with Crippen LogP contribution in [0.1, 0.15) is 15.9 Å². The maximum atomic E-state index is 13.4. The van der Waals surface area contributed by atoms with Crippen LogP contribution in [0.2, 0.25) is 0 Å². The predicted molar refractivity (Wildman–Crippen MR) is 73.9 cm³/mol. The van der Waals surface area contributed by atoms with Gasteiger partial charge in [-0.25, -0.2) is 8.78 Å². The Morgan fingerprint density at radius 3 is 2.42 bits per heavy atom. The van der Waals surface area contributed by atoms with Gasteiger partial charge in [-0.05, 0) is 42.0 Å². The van der Waals surface area contributed by atoms with Crippen molar-refractivity contribution < 1.29 is 13.6 Å². The molecule has 0 aliphatic carbocycles. The fraction of sp³-hybridized carbons (Fsp3) is 0. The van der Waals surface area contributed by atoms with E-state index in [2.05, 4.69) is 15.9 Å². The van der Waals surface area contributed by atoms with Crippen LogP contribution < -0.4 is 0 Å². The molecule has 0 fully saturated rings. The first kappa shape index (κ1) is 13.6. The minimum absolute atomic E-state index is 0.270. The summed E-state index contributed by atoms with van der Waals surface area (Å²) >= 11 is 3.30. The second-order valence-electron chi connectivity index (χ2n) is 3.87. The van der Waals surface area contributed by atoms with Gasteiger partial charge in [-0.1, -0.05) is 34.1 Å². The molecule has 0 atom stereocenters. The fourth-order valence-electron chi connectivity index (χ4n) is 1.52. The molecule has 0 aliphatic rings. The van der Waals surface area contributed by atoms with E-state index in [1.807, 2.05) is 12.1 Å². The van der Waals surface area contributed by atoms with E-state index in [-0.39, 0.29) is 5.56 Å². The summed E-state index contributed by atoms with van der Waals surface area (Å²) in [5, 5.41) is 0. The van der Waals surface area contributed by atoms with Crippen molar-refractivity contribution in [2.24, 2.45) is 0 Å². The van der Waals surface area contributed by atoms with Crippen LogP contribution in [0.4, 0.5) is 8.78 Å². The predicted octanol–water partition coefficient (Wildman–Crippen LogP) is 4.62. The molecule has 2 aromatic carbocycles. The second kappa shape index (κ2) is 5.89. The Hall–Kier alpha value is -1.81. The van der Waals surface area contributed by atoms with E-state index in [4.69, 9.17) is 0 Å². The van der Waals surface area contributed by atoms with Gasteiger partial charge in [0.1, 0.15) is 11.6 Å². The second-order valence-corrected chi connectivity index (χ2v) is 4.79. The number of ketones is 1. The zero-order valence-corrected chi connectivity index (χ0v) is 11.3. The number of rotatable bonds is 3. The summed E-state index contributed by atoms with van der Waals surface area (Å²) in [6.45, 7) is 0. The van der Waals surface area contributed by atoms with Crippen molar-refractivity contribution >= 4 is 27.8 Å². The van der Waals surface area contributed by atoms with Gasteiger partial charge in [0.2, 0.25) is 0 Å². The monoisotopic (exact) mass is 322 g/mol. The molecule has 0 saturated carbocycles. The van der Waals surface area contributed by atoms with Crippen LogP contribution in [0, 0.1) is 11.6 Å². The molecule has 0 N–H and O–H groups in total. The van der Waals surface area contributed by atoms with E-state index in [9.17, 15) is 13.6 Å². The van der Waals surface area contributed by atoms with Gasteiger partial charge in [-0.3, -0.25) is 4.79 Å². The topological polar surface area (TPSA) is 17.1 Å². The average Bonchev–Trinajstić information content (AvgIpc) is 2.40. The van der Waals surface area contributed by atoms with Gasteiger partial charge in [0.15, 0.2) is 5.78 Å². The Kier molecular flexibility index (Phi) is 4.22. The van der Waals surface area contributed by atoms with E-state index in [1.54, 1.807) is 18.2 Å². The van der Waals surface area contributed by atoms with Crippen LogP contribution >= 0.6 is 15.9 Å². The Labute approximate surface area is 117 Å². The molecule has 1 nitrogen and oxygen atoms in total. The first-order valence-electron chi connectivity index (χ1n) is 5.49.